The molecule has 0 N–H and O–H groups in total. The summed E-state index contributed by atoms with van der Waals surface area (Å²) >= 11 is 3.27. The highest BCUT2D eigenvalue weighted by Gasteiger charge is 2.31. The number of amides is 1. The van der Waals surface area contributed by atoms with Crippen molar-refractivity contribution in [1.82, 2.24) is 4.90 Å². The van der Waals surface area contributed by atoms with Gasteiger partial charge in [0.15, 0.2) is 0 Å². The summed E-state index contributed by atoms with van der Waals surface area (Å²) < 4.78 is 5.71. The molecule has 0 aliphatic carbocycles. The highest BCUT2D eigenvalue weighted by atomic mass is 32.2. The van der Waals surface area contributed by atoms with E-state index >= 15 is 0 Å². The monoisotopic (exact) mass is 322 g/mol. The highest BCUT2D eigenvalue weighted by molar-refractivity contribution is 7.99. The Labute approximate surface area is 133 Å². The lowest BCUT2D eigenvalue weighted by atomic mass is 10.1. The normalized spacial score (nSPS) is 24.9. The maximum atomic E-state index is 12.8. The van der Waals surface area contributed by atoms with Gasteiger partial charge in [-0.3, -0.25) is 4.79 Å². The van der Waals surface area contributed by atoms with Gasteiger partial charge in [0.05, 0.1) is 16.5 Å². The predicted molar refractivity (Wildman–Crippen MR) is 84.8 cm³/mol. The minimum Gasteiger partial charge on any atom is -0.376 e. The molecule has 2 aliphatic rings. The Balaban J connectivity index is 1.76. The van der Waals surface area contributed by atoms with Crippen molar-refractivity contribution in [2.75, 3.05) is 24.7 Å². The van der Waals surface area contributed by atoms with Gasteiger partial charge in [0.1, 0.15) is 6.07 Å². The summed E-state index contributed by atoms with van der Waals surface area (Å²) in [6.07, 6.45) is 3.36. The van der Waals surface area contributed by atoms with Crippen LogP contribution in [0.1, 0.15) is 34.5 Å². The Morgan fingerprint density at radius 3 is 3.05 bits per heavy atom. The Hall–Kier alpha value is -1.03. The van der Waals surface area contributed by atoms with E-state index in [2.05, 4.69) is 6.07 Å². The van der Waals surface area contributed by atoms with Gasteiger partial charge in [-0.05, 0) is 31.1 Å². The maximum Gasteiger partial charge on any atom is 0.264 e. The third-order valence-electron chi connectivity index (χ3n) is 3.97. The summed E-state index contributed by atoms with van der Waals surface area (Å²) in [4.78, 5) is 15.5. The van der Waals surface area contributed by atoms with Crippen LogP contribution in [0.15, 0.2) is 11.4 Å². The molecular formula is C15H18N2O2S2. The lowest BCUT2D eigenvalue weighted by Crippen LogP contribution is -2.44. The van der Waals surface area contributed by atoms with Crippen LogP contribution >= 0.6 is 23.1 Å². The van der Waals surface area contributed by atoms with Crippen molar-refractivity contribution >= 4 is 29.0 Å². The van der Waals surface area contributed by atoms with E-state index in [1.165, 1.54) is 11.3 Å². The largest absolute Gasteiger partial charge is 0.376 e. The molecule has 4 nitrogen and oxygen atoms in total. The molecule has 112 valence electrons. The van der Waals surface area contributed by atoms with Gasteiger partial charge in [0, 0.05) is 30.3 Å². The second kappa shape index (κ2) is 6.82. The van der Waals surface area contributed by atoms with E-state index in [4.69, 9.17) is 10.00 Å². The van der Waals surface area contributed by atoms with E-state index in [1.807, 2.05) is 16.7 Å². The van der Waals surface area contributed by atoms with E-state index < -0.39 is 0 Å². The van der Waals surface area contributed by atoms with E-state index in [-0.39, 0.29) is 12.0 Å². The van der Waals surface area contributed by atoms with Crippen LogP contribution in [0.2, 0.25) is 0 Å². The molecule has 0 saturated carbocycles. The van der Waals surface area contributed by atoms with Gasteiger partial charge in [0.25, 0.3) is 5.91 Å². The highest BCUT2D eigenvalue weighted by Crippen LogP contribution is 2.27. The number of thiophene rings is 1. The fourth-order valence-corrected chi connectivity index (χ4v) is 4.83. The van der Waals surface area contributed by atoms with Crippen LogP contribution in [0.25, 0.3) is 0 Å². The Bertz CT molecular complexity index is 540. The second-order valence-corrected chi connectivity index (χ2v) is 7.48. The van der Waals surface area contributed by atoms with Crippen molar-refractivity contribution in [2.24, 2.45) is 0 Å². The van der Waals surface area contributed by atoms with Crippen LogP contribution in [-0.4, -0.2) is 47.6 Å². The molecule has 0 unspecified atom stereocenters. The number of hydrogen-bond acceptors (Lipinski definition) is 5. The van der Waals surface area contributed by atoms with Crippen LogP contribution in [0.3, 0.4) is 0 Å². The fourth-order valence-electron chi connectivity index (χ4n) is 2.82. The molecule has 1 amide bonds. The minimum absolute atomic E-state index is 0.0597. The van der Waals surface area contributed by atoms with Gasteiger partial charge >= 0.3 is 0 Å². The van der Waals surface area contributed by atoms with Crippen molar-refractivity contribution in [3.8, 4) is 6.07 Å². The molecule has 1 aromatic heterocycles. The zero-order chi connectivity index (χ0) is 14.7. The number of carbonyl (C=O) groups is 1. The number of thioether (sulfide) groups is 1. The number of nitriles is 1. The van der Waals surface area contributed by atoms with Crippen molar-refractivity contribution in [3.63, 3.8) is 0 Å². The quantitative estimate of drug-likeness (QED) is 0.855. The first kappa shape index (κ1) is 14.9. The summed E-state index contributed by atoms with van der Waals surface area (Å²) in [5.41, 5.74) is 0.571. The van der Waals surface area contributed by atoms with Crippen molar-refractivity contribution < 1.29 is 9.53 Å². The van der Waals surface area contributed by atoms with Crippen molar-refractivity contribution in [2.45, 2.75) is 31.4 Å². The molecule has 0 radical (unpaired) electrons. The van der Waals surface area contributed by atoms with E-state index in [0.717, 1.165) is 37.4 Å². The van der Waals surface area contributed by atoms with Crippen LogP contribution in [0.4, 0.5) is 0 Å². The molecule has 3 heterocycles. The molecule has 2 fully saturated rings. The third kappa shape index (κ3) is 3.42. The summed E-state index contributed by atoms with van der Waals surface area (Å²) in [7, 11) is 0. The zero-order valence-electron chi connectivity index (χ0n) is 11.8. The van der Waals surface area contributed by atoms with Crippen LogP contribution in [-0.2, 0) is 4.74 Å². The lowest BCUT2D eigenvalue weighted by molar-refractivity contribution is 0.0445. The Kier molecular flexibility index (Phi) is 4.84. The smallest absolute Gasteiger partial charge is 0.264 e. The Morgan fingerprint density at radius 1 is 1.52 bits per heavy atom. The molecule has 21 heavy (non-hydrogen) atoms. The van der Waals surface area contributed by atoms with E-state index in [1.54, 1.807) is 11.4 Å². The van der Waals surface area contributed by atoms with Crippen molar-refractivity contribution in [1.29, 1.82) is 5.26 Å². The van der Waals surface area contributed by atoms with Gasteiger partial charge in [-0.25, -0.2) is 0 Å². The first-order valence-electron chi connectivity index (χ1n) is 7.27. The third-order valence-corrected chi connectivity index (χ3v) is 6.03. The Morgan fingerprint density at radius 2 is 2.43 bits per heavy atom. The molecule has 6 heteroatoms. The summed E-state index contributed by atoms with van der Waals surface area (Å²) in [5.74, 6) is 2.19. The van der Waals surface area contributed by atoms with Crippen LogP contribution in [0.5, 0.6) is 0 Å². The first-order valence-corrected chi connectivity index (χ1v) is 9.30. The van der Waals surface area contributed by atoms with Gasteiger partial charge in [0.2, 0.25) is 0 Å². The number of hydrogen-bond donors (Lipinski definition) is 0. The number of rotatable bonds is 4. The maximum absolute atomic E-state index is 12.8. The fraction of sp³-hybridized carbons (Fsp3) is 0.600. The zero-order valence-corrected chi connectivity index (χ0v) is 13.4. The lowest BCUT2D eigenvalue weighted by Gasteiger charge is -2.30. The molecule has 0 spiro atoms. The van der Waals surface area contributed by atoms with Crippen molar-refractivity contribution in [3.05, 3.63) is 21.9 Å². The van der Waals surface area contributed by atoms with E-state index in [9.17, 15) is 4.79 Å². The van der Waals surface area contributed by atoms with Gasteiger partial charge in [-0.15, -0.1) is 11.3 Å². The van der Waals surface area contributed by atoms with Crippen LogP contribution < -0.4 is 0 Å². The average molecular weight is 322 g/mol. The molecule has 0 bridgehead atoms. The van der Waals surface area contributed by atoms with Crippen LogP contribution in [0, 0.1) is 11.3 Å². The molecular weight excluding hydrogens is 304 g/mol. The topological polar surface area (TPSA) is 53.3 Å². The SMILES string of the molecule is N#Cc1csc(C(=O)N(C[C@H]2CCCO2)[C@H]2CCSC2)c1. The van der Waals surface area contributed by atoms with Gasteiger partial charge in [-0.1, -0.05) is 0 Å². The second-order valence-electron chi connectivity index (χ2n) is 5.42. The summed E-state index contributed by atoms with van der Waals surface area (Å²) in [6.45, 7) is 1.49. The predicted octanol–water partition coefficient (Wildman–Crippen LogP) is 2.75. The number of carbonyl (C=O) groups excluding carboxylic acids is 1. The van der Waals surface area contributed by atoms with Gasteiger partial charge in [-0.2, -0.15) is 17.0 Å². The average Bonchev–Trinajstić information content (AvgIpc) is 3.25. The number of nitrogens with zero attached hydrogens (tertiary/aromatic N) is 2. The molecule has 2 saturated heterocycles. The van der Waals surface area contributed by atoms with E-state index in [0.29, 0.717) is 23.0 Å². The summed E-state index contributed by atoms with van der Waals surface area (Å²) in [5, 5.41) is 10.7. The minimum atomic E-state index is 0.0597. The first-order chi connectivity index (χ1) is 10.3. The number of ether oxygens (including phenoxy) is 1. The van der Waals surface area contributed by atoms with Gasteiger partial charge < -0.3 is 9.64 Å². The standard InChI is InChI=1S/C15H18N2O2S2/c16-7-11-6-14(21-9-11)15(18)17(12-3-5-20-10-12)8-13-2-1-4-19-13/h6,9,12-13H,1-5,8,10H2/t12-,13+/m0/s1. The molecule has 0 aromatic carbocycles. The molecule has 3 rings (SSSR count). The summed E-state index contributed by atoms with van der Waals surface area (Å²) in [6, 6.07) is 4.11. The molecule has 2 atom stereocenters. The molecule has 1 aromatic rings. The molecule has 2 aliphatic heterocycles.